The molecule has 0 saturated heterocycles. The van der Waals surface area contributed by atoms with Gasteiger partial charge in [0.15, 0.2) is 0 Å². The first-order valence-electron chi connectivity index (χ1n) is 7.95. The van der Waals surface area contributed by atoms with Gasteiger partial charge in [-0.2, -0.15) is 0 Å². The summed E-state index contributed by atoms with van der Waals surface area (Å²) in [5, 5.41) is 2.48. The molecule has 0 unspecified atom stereocenters. The molecule has 0 atom stereocenters. The molecule has 4 rings (SSSR count). The molecule has 0 fully saturated rings. The lowest BCUT2D eigenvalue weighted by Gasteiger charge is -2.15. The van der Waals surface area contributed by atoms with Crippen molar-refractivity contribution in [2.24, 2.45) is 0 Å². The highest BCUT2D eigenvalue weighted by Crippen LogP contribution is 2.38. The van der Waals surface area contributed by atoms with E-state index in [1.54, 1.807) is 0 Å². The monoisotopic (exact) mass is 421 g/mol. The minimum atomic E-state index is 1.05. The van der Waals surface area contributed by atoms with Crippen LogP contribution in [0.2, 0.25) is 0 Å². The maximum absolute atomic E-state index is 4.98. The zero-order chi connectivity index (χ0) is 16.5. The highest BCUT2D eigenvalue weighted by atomic mass is 127. The maximum Gasteiger partial charge on any atom is 0.0789 e. The fourth-order valence-electron chi connectivity index (χ4n) is 3.15. The van der Waals surface area contributed by atoms with E-state index in [-0.39, 0.29) is 0 Å². The Hall–Kier alpha value is -2.20. The molecule has 0 spiro atoms. The summed E-state index contributed by atoms with van der Waals surface area (Å²) < 4.78 is 1.24. The van der Waals surface area contributed by atoms with Crippen molar-refractivity contribution in [2.45, 2.75) is 6.92 Å². The van der Waals surface area contributed by atoms with E-state index in [0.717, 1.165) is 17.0 Å². The lowest BCUT2D eigenvalue weighted by Crippen LogP contribution is -1.95. The Morgan fingerprint density at radius 2 is 1.33 bits per heavy atom. The summed E-state index contributed by atoms with van der Waals surface area (Å²) in [4.78, 5) is 4.98. The number of hydrogen-bond acceptors (Lipinski definition) is 1. The number of hydrogen-bond donors (Lipinski definition) is 0. The third-order valence-electron chi connectivity index (χ3n) is 4.27. The quantitative estimate of drug-likeness (QED) is 0.338. The molecule has 1 aromatic heterocycles. The van der Waals surface area contributed by atoms with Gasteiger partial charge >= 0.3 is 0 Å². The highest BCUT2D eigenvalue weighted by Gasteiger charge is 2.15. The molecule has 1 heterocycles. The number of fused-ring (bicyclic) bond motifs is 1. The minimum absolute atomic E-state index is 1.05. The molecule has 1 nitrogen and oxygen atoms in total. The molecule has 0 aliphatic rings. The van der Waals surface area contributed by atoms with E-state index in [1.807, 2.05) is 6.07 Å². The Morgan fingerprint density at radius 1 is 0.708 bits per heavy atom. The summed E-state index contributed by atoms with van der Waals surface area (Å²) >= 11 is 2.38. The molecule has 0 aliphatic carbocycles. The van der Waals surface area contributed by atoms with Crippen LogP contribution in [0.4, 0.5) is 0 Å². The van der Waals surface area contributed by atoms with Gasteiger partial charge in [0.1, 0.15) is 0 Å². The van der Waals surface area contributed by atoms with E-state index in [0.29, 0.717) is 0 Å². The zero-order valence-electron chi connectivity index (χ0n) is 13.3. The van der Waals surface area contributed by atoms with Gasteiger partial charge in [-0.25, -0.2) is 0 Å². The largest absolute Gasteiger partial charge is 0.252 e. The van der Waals surface area contributed by atoms with Crippen molar-refractivity contribution in [1.82, 2.24) is 4.98 Å². The molecule has 0 saturated carbocycles. The standard InChI is InChI=1S/C22H16IN/c1-15-19-13-12-18(23)14-20(19)21(16-8-4-2-5-9-16)22(24-15)17-10-6-3-7-11-17/h2-14H,1H3. The Kier molecular flexibility index (Phi) is 4.07. The van der Waals surface area contributed by atoms with E-state index in [4.69, 9.17) is 4.98 Å². The van der Waals surface area contributed by atoms with E-state index < -0.39 is 0 Å². The lowest BCUT2D eigenvalue weighted by molar-refractivity contribution is 1.24. The summed E-state index contributed by atoms with van der Waals surface area (Å²) in [7, 11) is 0. The Balaban J connectivity index is 2.16. The number of aryl methyl sites for hydroxylation is 1. The van der Waals surface area contributed by atoms with E-state index in [9.17, 15) is 0 Å². The van der Waals surface area contributed by atoms with Crippen LogP contribution in [-0.2, 0) is 0 Å². The zero-order valence-corrected chi connectivity index (χ0v) is 15.5. The Morgan fingerprint density at radius 3 is 2.00 bits per heavy atom. The van der Waals surface area contributed by atoms with Crippen LogP contribution in [0.15, 0.2) is 78.9 Å². The molecule has 3 aromatic carbocycles. The second-order valence-electron chi connectivity index (χ2n) is 5.84. The second kappa shape index (κ2) is 6.36. The number of nitrogens with zero attached hydrogens (tertiary/aromatic N) is 1. The van der Waals surface area contributed by atoms with Crippen molar-refractivity contribution in [3.05, 3.63) is 88.1 Å². The van der Waals surface area contributed by atoms with Gasteiger partial charge in [-0.3, -0.25) is 4.98 Å². The highest BCUT2D eigenvalue weighted by molar-refractivity contribution is 14.1. The average Bonchev–Trinajstić information content (AvgIpc) is 2.63. The predicted octanol–water partition coefficient (Wildman–Crippen LogP) is 6.48. The summed E-state index contributed by atoms with van der Waals surface area (Å²) in [5.41, 5.74) is 5.69. The topological polar surface area (TPSA) is 12.9 Å². The van der Waals surface area contributed by atoms with Gasteiger partial charge in [-0.05, 0) is 52.6 Å². The molecule has 0 amide bonds. The minimum Gasteiger partial charge on any atom is -0.252 e. The fraction of sp³-hybridized carbons (Fsp3) is 0.0455. The molecule has 0 radical (unpaired) electrons. The molecule has 0 bridgehead atoms. The Bertz CT molecular complexity index is 1010. The first kappa shape index (κ1) is 15.3. The van der Waals surface area contributed by atoms with Crippen LogP contribution in [0.25, 0.3) is 33.2 Å². The Labute approximate surface area is 155 Å². The molecule has 0 N–H and O–H groups in total. The molecular weight excluding hydrogens is 405 g/mol. The maximum atomic E-state index is 4.98. The molecule has 2 heteroatoms. The van der Waals surface area contributed by atoms with Gasteiger partial charge in [0.25, 0.3) is 0 Å². The van der Waals surface area contributed by atoms with Crippen LogP contribution < -0.4 is 0 Å². The third-order valence-corrected chi connectivity index (χ3v) is 4.94. The number of benzene rings is 3. The molecule has 24 heavy (non-hydrogen) atoms. The van der Waals surface area contributed by atoms with Crippen molar-refractivity contribution in [2.75, 3.05) is 0 Å². The van der Waals surface area contributed by atoms with Gasteiger partial charge in [0.05, 0.1) is 5.69 Å². The van der Waals surface area contributed by atoms with Crippen LogP contribution in [0.5, 0.6) is 0 Å². The van der Waals surface area contributed by atoms with Crippen molar-refractivity contribution in [3.63, 3.8) is 0 Å². The van der Waals surface area contributed by atoms with Crippen molar-refractivity contribution in [1.29, 1.82) is 0 Å². The first-order valence-corrected chi connectivity index (χ1v) is 9.02. The van der Waals surface area contributed by atoms with Crippen LogP contribution in [0, 0.1) is 10.5 Å². The van der Waals surface area contributed by atoms with E-state index in [2.05, 4.69) is 102 Å². The van der Waals surface area contributed by atoms with Crippen LogP contribution in [-0.4, -0.2) is 4.98 Å². The van der Waals surface area contributed by atoms with Gasteiger partial charge in [0, 0.05) is 25.8 Å². The van der Waals surface area contributed by atoms with Crippen LogP contribution in [0.1, 0.15) is 5.69 Å². The number of pyridine rings is 1. The predicted molar refractivity (Wildman–Crippen MR) is 110 cm³/mol. The summed E-state index contributed by atoms with van der Waals surface area (Å²) in [6, 6.07) is 27.6. The molecule has 116 valence electrons. The van der Waals surface area contributed by atoms with Crippen LogP contribution in [0.3, 0.4) is 0 Å². The molecular formula is C22H16IN. The number of halogens is 1. The SMILES string of the molecule is Cc1nc(-c2ccccc2)c(-c2ccccc2)c2cc(I)ccc12. The fourth-order valence-corrected chi connectivity index (χ4v) is 3.64. The summed E-state index contributed by atoms with van der Waals surface area (Å²) in [5.74, 6) is 0. The van der Waals surface area contributed by atoms with Gasteiger partial charge in [0.2, 0.25) is 0 Å². The van der Waals surface area contributed by atoms with E-state index in [1.165, 1.54) is 25.5 Å². The number of aromatic nitrogens is 1. The lowest BCUT2D eigenvalue weighted by atomic mass is 9.93. The number of rotatable bonds is 2. The first-order chi connectivity index (χ1) is 11.7. The van der Waals surface area contributed by atoms with Gasteiger partial charge in [-0.1, -0.05) is 66.7 Å². The van der Waals surface area contributed by atoms with Gasteiger partial charge in [-0.15, -0.1) is 0 Å². The summed E-state index contributed by atoms with van der Waals surface area (Å²) in [6.07, 6.45) is 0. The normalized spacial score (nSPS) is 10.9. The van der Waals surface area contributed by atoms with Crippen molar-refractivity contribution >= 4 is 33.4 Å². The third kappa shape index (κ3) is 2.71. The second-order valence-corrected chi connectivity index (χ2v) is 7.09. The molecule has 0 aliphatic heterocycles. The van der Waals surface area contributed by atoms with Crippen molar-refractivity contribution in [3.8, 4) is 22.4 Å². The van der Waals surface area contributed by atoms with Crippen LogP contribution >= 0.6 is 22.6 Å². The van der Waals surface area contributed by atoms with E-state index >= 15 is 0 Å². The van der Waals surface area contributed by atoms with Gasteiger partial charge < -0.3 is 0 Å². The molecule has 4 aromatic rings. The smallest absolute Gasteiger partial charge is 0.0789 e. The summed E-state index contributed by atoms with van der Waals surface area (Å²) in [6.45, 7) is 2.09. The van der Waals surface area contributed by atoms with Crippen molar-refractivity contribution < 1.29 is 0 Å². The average molecular weight is 421 g/mol.